The fourth-order valence-electron chi connectivity index (χ4n) is 1.76. The Kier molecular flexibility index (Phi) is 3.42. The van der Waals surface area contributed by atoms with E-state index >= 15 is 0 Å². The normalized spacial score (nSPS) is 18.3. The molecule has 0 aliphatic heterocycles. The minimum Gasteiger partial charge on any atom is -0.369 e. The number of thioether (sulfide) groups is 1. The Bertz CT molecular complexity index is 316. The standard InChI is InChI=1S/C11H15ClN2S/c1-15-11(5-2-6-11)8-14-10-4-3-9(12)7-13-10/h3-4,7H,2,5-6,8H2,1H3,(H,13,14). The van der Waals surface area contributed by atoms with Gasteiger partial charge in [-0.15, -0.1) is 0 Å². The van der Waals surface area contributed by atoms with Gasteiger partial charge in [0.05, 0.1) is 5.02 Å². The molecule has 0 unspecified atom stereocenters. The second-order valence-corrected chi connectivity index (χ2v) is 5.67. The number of nitrogens with zero attached hydrogens (tertiary/aromatic N) is 1. The molecule has 1 aromatic heterocycles. The van der Waals surface area contributed by atoms with Crippen LogP contribution in [0.5, 0.6) is 0 Å². The summed E-state index contributed by atoms with van der Waals surface area (Å²) in [5.74, 6) is 0.916. The van der Waals surface area contributed by atoms with Gasteiger partial charge in [-0.25, -0.2) is 4.98 Å². The molecule has 15 heavy (non-hydrogen) atoms. The highest BCUT2D eigenvalue weighted by molar-refractivity contribution is 8.00. The van der Waals surface area contributed by atoms with Crippen molar-refractivity contribution in [2.75, 3.05) is 18.1 Å². The highest BCUT2D eigenvalue weighted by atomic mass is 35.5. The number of hydrogen-bond acceptors (Lipinski definition) is 3. The molecule has 0 spiro atoms. The van der Waals surface area contributed by atoms with Crippen LogP contribution < -0.4 is 5.32 Å². The van der Waals surface area contributed by atoms with E-state index < -0.39 is 0 Å². The molecule has 4 heteroatoms. The summed E-state index contributed by atoms with van der Waals surface area (Å²) in [5.41, 5.74) is 0. The first-order valence-corrected chi connectivity index (χ1v) is 6.75. The van der Waals surface area contributed by atoms with E-state index in [2.05, 4.69) is 16.6 Å². The van der Waals surface area contributed by atoms with Gasteiger partial charge in [0.1, 0.15) is 5.82 Å². The number of nitrogens with one attached hydrogen (secondary N) is 1. The quantitative estimate of drug-likeness (QED) is 0.876. The molecule has 0 aromatic carbocycles. The van der Waals surface area contributed by atoms with Crippen LogP contribution in [0.25, 0.3) is 0 Å². The van der Waals surface area contributed by atoms with Gasteiger partial charge in [-0.2, -0.15) is 11.8 Å². The first-order valence-electron chi connectivity index (χ1n) is 5.15. The highest BCUT2D eigenvalue weighted by Gasteiger charge is 2.35. The van der Waals surface area contributed by atoms with Crippen molar-refractivity contribution in [2.24, 2.45) is 0 Å². The molecule has 1 N–H and O–H groups in total. The summed E-state index contributed by atoms with van der Waals surface area (Å²) in [5, 5.41) is 4.06. The fraction of sp³-hybridized carbons (Fsp3) is 0.545. The fourth-order valence-corrected chi connectivity index (χ4v) is 2.78. The molecule has 1 fully saturated rings. The average Bonchev–Trinajstić information content (AvgIpc) is 2.20. The minimum atomic E-state index is 0.446. The first kappa shape index (κ1) is 11.1. The van der Waals surface area contributed by atoms with Gasteiger partial charge in [0, 0.05) is 17.5 Å². The van der Waals surface area contributed by atoms with Crippen molar-refractivity contribution >= 4 is 29.2 Å². The SMILES string of the molecule is CSC1(CNc2ccc(Cl)cn2)CCC1. The number of halogens is 1. The molecule has 1 aliphatic rings. The maximum atomic E-state index is 5.77. The van der Waals surface area contributed by atoms with Crippen LogP contribution in [0.1, 0.15) is 19.3 Å². The predicted octanol–water partition coefficient (Wildman–Crippen LogP) is 3.43. The Hall–Kier alpha value is -0.410. The lowest BCUT2D eigenvalue weighted by molar-refractivity contribution is 0.379. The molecule has 0 atom stereocenters. The van der Waals surface area contributed by atoms with E-state index in [1.165, 1.54) is 19.3 Å². The summed E-state index contributed by atoms with van der Waals surface area (Å²) >= 11 is 7.74. The number of hydrogen-bond donors (Lipinski definition) is 1. The van der Waals surface area contributed by atoms with E-state index in [-0.39, 0.29) is 0 Å². The lowest BCUT2D eigenvalue weighted by Gasteiger charge is -2.40. The van der Waals surface area contributed by atoms with Gasteiger partial charge >= 0.3 is 0 Å². The van der Waals surface area contributed by atoms with Crippen LogP contribution >= 0.6 is 23.4 Å². The number of aromatic nitrogens is 1. The molecule has 0 saturated heterocycles. The van der Waals surface area contributed by atoms with Crippen LogP contribution in [-0.4, -0.2) is 22.5 Å². The van der Waals surface area contributed by atoms with Gasteiger partial charge in [-0.1, -0.05) is 18.0 Å². The topological polar surface area (TPSA) is 24.9 Å². The summed E-state index contributed by atoms with van der Waals surface area (Å²) in [7, 11) is 0. The van der Waals surface area contributed by atoms with Gasteiger partial charge in [0.15, 0.2) is 0 Å². The van der Waals surface area contributed by atoms with Crippen molar-refractivity contribution in [3.05, 3.63) is 23.4 Å². The molecule has 0 radical (unpaired) electrons. The average molecular weight is 243 g/mol. The van der Waals surface area contributed by atoms with Crippen molar-refractivity contribution in [1.82, 2.24) is 4.98 Å². The van der Waals surface area contributed by atoms with Crippen LogP contribution in [-0.2, 0) is 0 Å². The van der Waals surface area contributed by atoms with Crippen LogP contribution in [0, 0.1) is 0 Å². The molecule has 1 heterocycles. The lowest BCUT2D eigenvalue weighted by Crippen LogP contribution is -2.40. The van der Waals surface area contributed by atoms with Crippen LogP contribution in [0.15, 0.2) is 18.3 Å². The van der Waals surface area contributed by atoms with Crippen molar-refractivity contribution in [3.8, 4) is 0 Å². The molecular weight excluding hydrogens is 228 g/mol. The van der Waals surface area contributed by atoms with Crippen molar-refractivity contribution < 1.29 is 0 Å². The monoisotopic (exact) mass is 242 g/mol. The van der Waals surface area contributed by atoms with Gasteiger partial charge < -0.3 is 5.32 Å². The molecule has 2 rings (SSSR count). The van der Waals surface area contributed by atoms with Gasteiger partial charge in [0.2, 0.25) is 0 Å². The summed E-state index contributed by atoms with van der Waals surface area (Å²) in [4.78, 5) is 4.22. The third-order valence-corrected chi connectivity index (χ3v) is 4.66. The molecule has 1 aromatic rings. The van der Waals surface area contributed by atoms with E-state index in [9.17, 15) is 0 Å². The summed E-state index contributed by atoms with van der Waals surface area (Å²) in [6.07, 6.45) is 7.85. The molecule has 0 bridgehead atoms. The van der Waals surface area contributed by atoms with Gasteiger partial charge in [0.25, 0.3) is 0 Å². The highest BCUT2D eigenvalue weighted by Crippen LogP contribution is 2.42. The molecular formula is C11H15ClN2S. The third kappa shape index (κ3) is 2.58. The largest absolute Gasteiger partial charge is 0.369 e. The van der Waals surface area contributed by atoms with Crippen molar-refractivity contribution in [2.45, 2.75) is 24.0 Å². The van der Waals surface area contributed by atoms with E-state index in [1.54, 1.807) is 6.20 Å². The van der Waals surface area contributed by atoms with Crippen molar-refractivity contribution in [3.63, 3.8) is 0 Å². The number of rotatable bonds is 4. The zero-order valence-electron chi connectivity index (χ0n) is 8.79. The van der Waals surface area contributed by atoms with E-state index in [1.807, 2.05) is 23.9 Å². The lowest BCUT2D eigenvalue weighted by atomic mass is 9.84. The Morgan fingerprint density at radius 2 is 2.33 bits per heavy atom. The van der Waals surface area contributed by atoms with Crippen LogP contribution in [0.4, 0.5) is 5.82 Å². The minimum absolute atomic E-state index is 0.446. The van der Waals surface area contributed by atoms with Gasteiger partial charge in [-0.3, -0.25) is 0 Å². The molecule has 1 saturated carbocycles. The smallest absolute Gasteiger partial charge is 0.126 e. The molecule has 82 valence electrons. The zero-order chi connectivity index (χ0) is 10.7. The van der Waals surface area contributed by atoms with Crippen LogP contribution in [0.3, 0.4) is 0 Å². The second kappa shape index (κ2) is 4.62. The first-order chi connectivity index (χ1) is 7.24. The maximum absolute atomic E-state index is 5.77. The van der Waals surface area contributed by atoms with E-state index in [4.69, 9.17) is 11.6 Å². The second-order valence-electron chi connectivity index (χ2n) is 3.96. The van der Waals surface area contributed by atoms with Crippen LogP contribution in [0.2, 0.25) is 5.02 Å². The number of pyridine rings is 1. The Morgan fingerprint density at radius 3 is 2.80 bits per heavy atom. The summed E-state index contributed by atoms with van der Waals surface area (Å²) in [6, 6.07) is 3.79. The number of anilines is 1. The van der Waals surface area contributed by atoms with E-state index in [0.29, 0.717) is 9.77 Å². The summed E-state index contributed by atoms with van der Waals surface area (Å²) in [6.45, 7) is 1.00. The Morgan fingerprint density at radius 1 is 1.53 bits per heavy atom. The maximum Gasteiger partial charge on any atom is 0.126 e. The van der Waals surface area contributed by atoms with Gasteiger partial charge in [-0.05, 0) is 31.2 Å². The summed E-state index contributed by atoms with van der Waals surface area (Å²) < 4.78 is 0.446. The molecule has 2 nitrogen and oxygen atoms in total. The Labute approximate surface area is 99.8 Å². The molecule has 1 aliphatic carbocycles. The molecule has 0 amide bonds. The predicted molar refractivity (Wildman–Crippen MR) is 67.8 cm³/mol. The Balaban J connectivity index is 1.90. The zero-order valence-corrected chi connectivity index (χ0v) is 10.4. The van der Waals surface area contributed by atoms with E-state index in [0.717, 1.165) is 12.4 Å². The van der Waals surface area contributed by atoms with Crippen molar-refractivity contribution in [1.29, 1.82) is 0 Å². The third-order valence-electron chi connectivity index (χ3n) is 3.02.